The van der Waals surface area contributed by atoms with E-state index in [0.717, 1.165) is 31.7 Å². The molecular weight excluding hydrogens is 234 g/mol. The van der Waals surface area contributed by atoms with Gasteiger partial charge in [-0.1, -0.05) is 30.3 Å². The van der Waals surface area contributed by atoms with Gasteiger partial charge in [0.1, 0.15) is 0 Å². The molecule has 3 nitrogen and oxygen atoms in total. The van der Waals surface area contributed by atoms with Crippen LogP contribution in [-0.2, 0) is 13.0 Å². The Hall–Kier alpha value is -1.71. The van der Waals surface area contributed by atoms with Gasteiger partial charge in [-0.05, 0) is 36.2 Å². The molecule has 1 aliphatic heterocycles. The van der Waals surface area contributed by atoms with Crippen molar-refractivity contribution in [2.75, 3.05) is 13.1 Å². The van der Waals surface area contributed by atoms with Crippen molar-refractivity contribution in [2.45, 2.75) is 19.0 Å². The number of hydrogen-bond donors (Lipinski definition) is 2. The number of aromatic nitrogens is 1. The SMILES string of the molecule is c1ccc(CNCC2NCCc3ccccc32)nc1. The normalized spacial score (nSPS) is 18.0. The number of benzene rings is 1. The van der Waals surface area contributed by atoms with Crippen LogP contribution in [0.1, 0.15) is 22.9 Å². The Labute approximate surface area is 114 Å². The summed E-state index contributed by atoms with van der Waals surface area (Å²) in [5.41, 5.74) is 4.00. The Morgan fingerprint density at radius 1 is 1.16 bits per heavy atom. The second-order valence-corrected chi connectivity index (χ2v) is 4.91. The van der Waals surface area contributed by atoms with E-state index in [-0.39, 0.29) is 0 Å². The third kappa shape index (κ3) is 3.00. The third-order valence-electron chi connectivity index (χ3n) is 3.60. The van der Waals surface area contributed by atoms with E-state index in [9.17, 15) is 0 Å². The van der Waals surface area contributed by atoms with Gasteiger partial charge < -0.3 is 10.6 Å². The molecule has 1 aromatic carbocycles. The summed E-state index contributed by atoms with van der Waals surface area (Å²) in [6.07, 6.45) is 2.97. The molecule has 0 fully saturated rings. The summed E-state index contributed by atoms with van der Waals surface area (Å²) >= 11 is 0. The van der Waals surface area contributed by atoms with Gasteiger partial charge in [0.05, 0.1) is 5.69 Å². The monoisotopic (exact) mass is 253 g/mol. The molecule has 19 heavy (non-hydrogen) atoms. The van der Waals surface area contributed by atoms with Crippen LogP contribution in [-0.4, -0.2) is 18.1 Å². The van der Waals surface area contributed by atoms with Crippen molar-refractivity contribution in [3.8, 4) is 0 Å². The van der Waals surface area contributed by atoms with Gasteiger partial charge in [-0.15, -0.1) is 0 Å². The lowest BCUT2D eigenvalue weighted by atomic mass is 9.94. The summed E-state index contributed by atoms with van der Waals surface area (Å²) in [6.45, 7) is 2.82. The molecule has 0 saturated heterocycles. The fourth-order valence-electron chi connectivity index (χ4n) is 2.62. The number of fused-ring (bicyclic) bond motifs is 1. The molecule has 3 heteroatoms. The van der Waals surface area contributed by atoms with Crippen LogP contribution >= 0.6 is 0 Å². The van der Waals surface area contributed by atoms with Crippen molar-refractivity contribution in [1.82, 2.24) is 15.6 Å². The Morgan fingerprint density at radius 3 is 2.95 bits per heavy atom. The maximum absolute atomic E-state index is 4.32. The van der Waals surface area contributed by atoms with Crippen LogP contribution in [0.4, 0.5) is 0 Å². The lowest BCUT2D eigenvalue weighted by Gasteiger charge is -2.27. The predicted molar refractivity (Wildman–Crippen MR) is 76.8 cm³/mol. The number of pyridine rings is 1. The van der Waals surface area contributed by atoms with Gasteiger partial charge in [0, 0.05) is 25.3 Å². The molecule has 0 radical (unpaired) electrons. The zero-order chi connectivity index (χ0) is 12.9. The molecule has 1 aromatic heterocycles. The average molecular weight is 253 g/mol. The second kappa shape index (κ2) is 5.95. The van der Waals surface area contributed by atoms with Gasteiger partial charge in [-0.3, -0.25) is 4.98 Å². The minimum absolute atomic E-state index is 0.411. The fraction of sp³-hybridized carbons (Fsp3) is 0.312. The van der Waals surface area contributed by atoms with Crippen LogP contribution in [0.15, 0.2) is 48.7 Å². The van der Waals surface area contributed by atoms with Crippen molar-refractivity contribution in [3.63, 3.8) is 0 Å². The minimum atomic E-state index is 0.411. The van der Waals surface area contributed by atoms with Gasteiger partial charge in [-0.25, -0.2) is 0 Å². The van der Waals surface area contributed by atoms with E-state index in [2.05, 4.69) is 45.9 Å². The average Bonchev–Trinajstić information content (AvgIpc) is 2.49. The maximum Gasteiger partial charge on any atom is 0.0541 e. The molecule has 0 saturated carbocycles. The van der Waals surface area contributed by atoms with Crippen LogP contribution in [0.3, 0.4) is 0 Å². The smallest absolute Gasteiger partial charge is 0.0541 e. The van der Waals surface area contributed by atoms with Crippen molar-refractivity contribution in [2.24, 2.45) is 0 Å². The van der Waals surface area contributed by atoms with Gasteiger partial charge in [0.2, 0.25) is 0 Å². The first-order valence-electron chi connectivity index (χ1n) is 6.85. The van der Waals surface area contributed by atoms with Crippen molar-refractivity contribution in [3.05, 3.63) is 65.5 Å². The summed E-state index contributed by atoms with van der Waals surface area (Å²) in [7, 11) is 0. The topological polar surface area (TPSA) is 37.0 Å². The molecule has 0 spiro atoms. The Kier molecular flexibility index (Phi) is 3.86. The molecule has 3 rings (SSSR count). The first-order valence-corrected chi connectivity index (χ1v) is 6.85. The van der Waals surface area contributed by atoms with Crippen LogP contribution in [0.25, 0.3) is 0 Å². The molecule has 0 amide bonds. The molecule has 1 unspecified atom stereocenters. The molecular formula is C16H19N3. The summed E-state index contributed by atoms with van der Waals surface area (Å²) in [4.78, 5) is 4.32. The van der Waals surface area contributed by atoms with Gasteiger partial charge in [0.15, 0.2) is 0 Å². The van der Waals surface area contributed by atoms with E-state index in [0.29, 0.717) is 6.04 Å². The first kappa shape index (κ1) is 12.3. The summed E-state index contributed by atoms with van der Waals surface area (Å²) in [5, 5.41) is 7.07. The van der Waals surface area contributed by atoms with Gasteiger partial charge in [-0.2, -0.15) is 0 Å². The summed E-state index contributed by atoms with van der Waals surface area (Å²) < 4.78 is 0. The highest BCUT2D eigenvalue weighted by molar-refractivity contribution is 5.32. The second-order valence-electron chi connectivity index (χ2n) is 4.91. The van der Waals surface area contributed by atoms with Crippen LogP contribution in [0.5, 0.6) is 0 Å². The van der Waals surface area contributed by atoms with Crippen LogP contribution in [0.2, 0.25) is 0 Å². The van der Waals surface area contributed by atoms with Gasteiger partial charge in [0.25, 0.3) is 0 Å². The highest BCUT2D eigenvalue weighted by Crippen LogP contribution is 2.21. The van der Waals surface area contributed by atoms with E-state index in [4.69, 9.17) is 0 Å². The van der Waals surface area contributed by atoms with E-state index in [1.807, 2.05) is 18.3 Å². The van der Waals surface area contributed by atoms with Gasteiger partial charge >= 0.3 is 0 Å². The van der Waals surface area contributed by atoms with Crippen molar-refractivity contribution >= 4 is 0 Å². The molecule has 1 aliphatic rings. The van der Waals surface area contributed by atoms with E-state index in [1.54, 1.807) is 0 Å². The third-order valence-corrected chi connectivity index (χ3v) is 3.60. The standard InChI is InChI=1S/C16H19N3/c1-2-7-15-13(5-1)8-10-19-16(15)12-17-11-14-6-3-4-9-18-14/h1-7,9,16-17,19H,8,10-12H2. The molecule has 2 aromatic rings. The molecule has 1 atom stereocenters. The molecule has 0 bridgehead atoms. The van der Waals surface area contributed by atoms with Crippen LogP contribution < -0.4 is 10.6 Å². The summed E-state index contributed by atoms with van der Waals surface area (Å²) in [5.74, 6) is 0. The lowest BCUT2D eigenvalue weighted by Crippen LogP contribution is -2.36. The largest absolute Gasteiger partial charge is 0.309 e. The Morgan fingerprint density at radius 2 is 2.05 bits per heavy atom. The van der Waals surface area contributed by atoms with E-state index in [1.165, 1.54) is 11.1 Å². The number of hydrogen-bond acceptors (Lipinski definition) is 3. The molecule has 98 valence electrons. The molecule has 2 N–H and O–H groups in total. The molecule has 2 heterocycles. The fourth-order valence-corrected chi connectivity index (χ4v) is 2.62. The zero-order valence-electron chi connectivity index (χ0n) is 11.0. The lowest BCUT2D eigenvalue weighted by molar-refractivity contribution is 0.466. The Balaban J connectivity index is 1.59. The van der Waals surface area contributed by atoms with E-state index >= 15 is 0 Å². The van der Waals surface area contributed by atoms with E-state index < -0.39 is 0 Å². The first-order chi connectivity index (χ1) is 9.43. The Bertz CT molecular complexity index is 525. The van der Waals surface area contributed by atoms with Crippen LogP contribution in [0, 0.1) is 0 Å². The molecule has 0 aliphatic carbocycles. The van der Waals surface area contributed by atoms with Crippen molar-refractivity contribution < 1.29 is 0 Å². The number of nitrogens with zero attached hydrogens (tertiary/aromatic N) is 1. The minimum Gasteiger partial charge on any atom is -0.309 e. The zero-order valence-corrected chi connectivity index (χ0v) is 11.0. The van der Waals surface area contributed by atoms with Crippen molar-refractivity contribution in [1.29, 1.82) is 0 Å². The maximum atomic E-state index is 4.32. The highest BCUT2D eigenvalue weighted by Gasteiger charge is 2.18. The predicted octanol–water partition coefficient (Wildman–Crippen LogP) is 2.06. The summed E-state index contributed by atoms with van der Waals surface area (Å²) in [6, 6.07) is 15.2. The highest BCUT2D eigenvalue weighted by atomic mass is 15.0. The number of rotatable bonds is 4. The number of nitrogens with one attached hydrogen (secondary N) is 2. The quantitative estimate of drug-likeness (QED) is 0.875.